The average molecular weight is 637 g/mol. The Morgan fingerprint density at radius 3 is 2.34 bits per heavy atom. The number of rotatable bonds is 5. The van der Waals surface area contributed by atoms with Crippen molar-refractivity contribution in [2.24, 2.45) is 0 Å². The molecule has 0 bridgehead atoms. The molecule has 0 spiro atoms. The fourth-order valence-corrected chi connectivity index (χ4v) is 5.95. The summed E-state index contributed by atoms with van der Waals surface area (Å²) in [6.07, 6.45) is 8.07. The Labute approximate surface area is 198 Å². The van der Waals surface area contributed by atoms with Crippen molar-refractivity contribution in [2.75, 3.05) is 17.2 Å². The molecule has 1 N–H and O–H groups in total. The molecule has 2 aliphatic rings. The minimum Gasteiger partial charge on any atom is -0.344 e. The highest BCUT2D eigenvalue weighted by atomic mass is 127. The van der Waals surface area contributed by atoms with E-state index in [1.54, 1.807) is 0 Å². The molecule has 1 aromatic carbocycles. The highest BCUT2D eigenvalue weighted by molar-refractivity contribution is 14.1. The van der Waals surface area contributed by atoms with Crippen LogP contribution in [0, 0.1) is 0 Å². The zero-order valence-corrected chi connectivity index (χ0v) is 21.2. The summed E-state index contributed by atoms with van der Waals surface area (Å²) in [5.74, 6) is -0.235. The number of fused-ring (bicyclic) bond motifs is 1. The Kier molecular flexibility index (Phi) is 6.76. The number of carbonyl (C=O) groups is 1. The molecule has 0 saturated heterocycles. The number of allylic oxidation sites excluding steroid dienone is 8. The fourth-order valence-electron chi connectivity index (χ4n) is 3.64. The Hall–Kier alpha value is -0.980. The predicted molar refractivity (Wildman–Crippen MR) is 133 cm³/mol. The summed E-state index contributed by atoms with van der Waals surface area (Å²) in [6, 6.07) is 8.09. The van der Waals surface area contributed by atoms with Crippen LogP contribution in [0.4, 0.5) is 5.69 Å². The standard InChI is InChI=1S/C21H21I2NO4S/c1-21(2)15-6-3-4-7-18(15)24(10-5-11-29(26,27)28)19(21)9-8-14-12-16(22)20(25)17(23)13-14/h3-4,6-9,12-13H,5,10-11H2,1-2H3,(H,26,27,28)/b19-9-. The molecule has 154 valence electrons. The van der Waals surface area contributed by atoms with Crippen molar-refractivity contribution in [3.8, 4) is 0 Å². The number of carbonyl (C=O) groups excluding carboxylic acids is 1. The Morgan fingerprint density at radius 1 is 1.10 bits per heavy atom. The Morgan fingerprint density at radius 2 is 1.72 bits per heavy atom. The van der Waals surface area contributed by atoms with Crippen molar-refractivity contribution in [2.45, 2.75) is 25.7 Å². The number of nitrogens with zero attached hydrogens (tertiary/aromatic N) is 1. The van der Waals surface area contributed by atoms with Gasteiger partial charge in [-0.3, -0.25) is 9.35 Å². The zero-order valence-electron chi connectivity index (χ0n) is 16.0. The van der Waals surface area contributed by atoms with Crippen LogP contribution in [0.25, 0.3) is 0 Å². The van der Waals surface area contributed by atoms with Crippen LogP contribution in [0.15, 0.2) is 67.0 Å². The van der Waals surface area contributed by atoms with Crippen LogP contribution in [0.3, 0.4) is 0 Å². The monoisotopic (exact) mass is 637 g/mol. The van der Waals surface area contributed by atoms with Crippen LogP contribution in [0.2, 0.25) is 0 Å². The van der Waals surface area contributed by atoms with Gasteiger partial charge in [-0.15, -0.1) is 0 Å². The van der Waals surface area contributed by atoms with Gasteiger partial charge in [0.15, 0.2) is 0 Å². The number of halogens is 2. The minimum atomic E-state index is -3.99. The number of para-hydroxylation sites is 1. The van der Waals surface area contributed by atoms with Crippen molar-refractivity contribution < 1.29 is 17.8 Å². The van der Waals surface area contributed by atoms with Gasteiger partial charge in [-0.2, -0.15) is 8.42 Å². The molecular weight excluding hydrogens is 616 g/mol. The maximum absolute atomic E-state index is 12.0. The molecule has 0 atom stereocenters. The van der Waals surface area contributed by atoms with Gasteiger partial charge in [-0.1, -0.05) is 38.1 Å². The van der Waals surface area contributed by atoms with Crippen LogP contribution in [-0.4, -0.2) is 31.1 Å². The second kappa shape index (κ2) is 8.64. The van der Waals surface area contributed by atoms with Gasteiger partial charge in [0.2, 0.25) is 5.78 Å². The van der Waals surface area contributed by atoms with E-state index in [9.17, 15) is 13.2 Å². The van der Waals surface area contributed by atoms with E-state index in [-0.39, 0.29) is 17.0 Å². The predicted octanol–water partition coefficient (Wildman–Crippen LogP) is 5.09. The first-order valence-corrected chi connectivity index (χ1v) is 12.8. The summed E-state index contributed by atoms with van der Waals surface area (Å²) in [4.78, 5) is 14.1. The molecule has 1 heterocycles. The first kappa shape index (κ1) is 22.7. The molecule has 1 aliphatic carbocycles. The van der Waals surface area contributed by atoms with Crippen LogP contribution in [0.5, 0.6) is 0 Å². The fraction of sp³-hybridized carbons (Fsp3) is 0.286. The molecule has 0 unspecified atom stereocenters. The van der Waals surface area contributed by atoms with Crippen LogP contribution < -0.4 is 4.90 Å². The molecule has 0 radical (unpaired) electrons. The summed E-state index contributed by atoms with van der Waals surface area (Å²) >= 11 is 4.10. The van der Waals surface area contributed by atoms with Crippen molar-refractivity contribution in [3.05, 3.63) is 72.6 Å². The molecule has 0 fully saturated rings. The summed E-state index contributed by atoms with van der Waals surface area (Å²) in [5, 5.41) is 0. The third-order valence-electron chi connectivity index (χ3n) is 5.04. The largest absolute Gasteiger partial charge is 0.344 e. The number of Topliss-reactive ketones (excluding diaryl/α,β-unsaturated/α-hetero) is 1. The highest BCUT2D eigenvalue weighted by Gasteiger charge is 2.39. The van der Waals surface area contributed by atoms with Gasteiger partial charge in [0.1, 0.15) is 0 Å². The Bertz CT molecular complexity index is 1060. The molecule has 5 nitrogen and oxygen atoms in total. The van der Waals surface area contributed by atoms with Crippen molar-refractivity contribution in [3.63, 3.8) is 0 Å². The highest BCUT2D eigenvalue weighted by Crippen LogP contribution is 2.47. The Balaban J connectivity index is 1.99. The molecule has 1 aliphatic heterocycles. The molecule has 8 heteroatoms. The van der Waals surface area contributed by atoms with E-state index in [4.69, 9.17) is 4.55 Å². The van der Waals surface area contributed by atoms with E-state index in [2.05, 4.69) is 70.0 Å². The zero-order chi connectivity index (χ0) is 21.4. The molecule has 0 aromatic heterocycles. The maximum Gasteiger partial charge on any atom is 0.264 e. The molecule has 1 aromatic rings. The van der Waals surface area contributed by atoms with Crippen LogP contribution >= 0.6 is 45.2 Å². The van der Waals surface area contributed by atoms with Crippen molar-refractivity contribution >= 4 is 66.8 Å². The molecular formula is C21H21I2NO4S. The van der Waals surface area contributed by atoms with E-state index in [1.165, 1.54) is 5.56 Å². The van der Waals surface area contributed by atoms with Gasteiger partial charge in [0.25, 0.3) is 10.1 Å². The number of hydrogen-bond acceptors (Lipinski definition) is 4. The quantitative estimate of drug-likeness (QED) is 0.360. The second-order valence-corrected chi connectivity index (χ2v) is 11.4. The smallest absolute Gasteiger partial charge is 0.264 e. The number of ketones is 1. The van der Waals surface area contributed by atoms with E-state index in [0.29, 0.717) is 20.1 Å². The van der Waals surface area contributed by atoms with Gasteiger partial charge in [-0.25, -0.2) is 0 Å². The maximum atomic E-state index is 12.0. The third-order valence-corrected chi connectivity index (χ3v) is 7.44. The van der Waals surface area contributed by atoms with E-state index < -0.39 is 10.1 Å². The lowest BCUT2D eigenvalue weighted by Gasteiger charge is -2.27. The van der Waals surface area contributed by atoms with Gasteiger partial charge in [-0.05, 0) is 87.0 Å². The number of hydrogen-bond donors (Lipinski definition) is 1. The third kappa shape index (κ3) is 5.02. The summed E-state index contributed by atoms with van der Waals surface area (Å²) in [5.41, 5.74) is 3.95. The van der Waals surface area contributed by atoms with Gasteiger partial charge >= 0.3 is 0 Å². The van der Waals surface area contributed by atoms with E-state index >= 15 is 0 Å². The van der Waals surface area contributed by atoms with E-state index in [0.717, 1.165) is 17.0 Å². The first-order chi connectivity index (χ1) is 13.5. The van der Waals surface area contributed by atoms with Gasteiger partial charge in [0.05, 0.1) is 12.9 Å². The molecule has 0 amide bonds. The van der Waals surface area contributed by atoms with Crippen LogP contribution in [0.1, 0.15) is 25.8 Å². The summed E-state index contributed by atoms with van der Waals surface area (Å²) in [7, 11) is -3.99. The SMILES string of the molecule is CC1(C)/C(=C/C=C2C=C(I)C(=O)C(I)=C2)N(CCCS(=O)(=O)O)c2ccccc21. The second-order valence-electron chi connectivity index (χ2n) is 7.47. The minimum absolute atomic E-state index is 0.0384. The average Bonchev–Trinajstić information content (AvgIpc) is 2.84. The molecule has 0 saturated carbocycles. The first-order valence-electron chi connectivity index (χ1n) is 9.04. The summed E-state index contributed by atoms with van der Waals surface area (Å²) < 4.78 is 32.7. The lowest BCUT2D eigenvalue weighted by Crippen LogP contribution is -2.28. The van der Waals surface area contributed by atoms with E-state index in [1.807, 2.05) is 42.5 Å². The van der Waals surface area contributed by atoms with Crippen molar-refractivity contribution in [1.29, 1.82) is 0 Å². The molecule has 29 heavy (non-hydrogen) atoms. The lowest BCUT2D eigenvalue weighted by molar-refractivity contribution is -0.110. The van der Waals surface area contributed by atoms with Crippen molar-refractivity contribution in [1.82, 2.24) is 0 Å². The van der Waals surface area contributed by atoms with Crippen LogP contribution in [-0.2, 0) is 20.3 Å². The van der Waals surface area contributed by atoms with Gasteiger partial charge in [0, 0.05) is 23.3 Å². The topological polar surface area (TPSA) is 74.7 Å². The lowest BCUT2D eigenvalue weighted by atomic mass is 9.83. The van der Waals surface area contributed by atoms with Gasteiger partial charge < -0.3 is 4.90 Å². The summed E-state index contributed by atoms with van der Waals surface area (Å²) in [6.45, 7) is 4.76. The molecule has 3 rings (SSSR count). The number of anilines is 1. The number of benzene rings is 1. The normalized spacial score (nSPS) is 19.9.